The van der Waals surface area contributed by atoms with E-state index in [1.807, 2.05) is 12.3 Å². The number of carbonyl (C=O) groups is 1. The number of benzene rings is 1. The predicted octanol–water partition coefficient (Wildman–Crippen LogP) is 3.88. The molecule has 0 aliphatic rings. The average molecular weight is 354 g/mol. The Kier molecular flexibility index (Phi) is 5.20. The van der Waals surface area contributed by atoms with Crippen LogP contribution < -0.4 is 10.1 Å². The van der Waals surface area contributed by atoms with Crippen LogP contribution in [0.2, 0.25) is 0 Å². The summed E-state index contributed by atoms with van der Waals surface area (Å²) in [6.45, 7) is 2.01. The molecule has 3 nitrogen and oxygen atoms in total. The van der Waals surface area contributed by atoms with Crippen molar-refractivity contribution in [2.45, 2.75) is 19.4 Å². The highest BCUT2D eigenvalue weighted by Gasteiger charge is 2.12. The topological polar surface area (TPSA) is 38.3 Å². The lowest BCUT2D eigenvalue weighted by Gasteiger charge is -2.14. The first-order valence-electron chi connectivity index (χ1n) is 6.25. The van der Waals surface area contributed by atoms with Crippen LogP contribution in [-0.4, -0.2) is 19.1 Å². The van der Waals surface area contributed by atoms with E-state index in [9.17, 15) is 4.79 Å². The molecule has 0 bridgehead atoms. The molecule has 0 aliphatic carbocycles. The van der Waals surface area contributed by atoms with Gasteiger partial charge in [0.25, 0.3) is 5.91 Å². The first-order valence-corrected chi connectivity index (χ1v) is 7.99. The van der Waals surface area contributed by atoms with E-state index < -0.39 is 0 Å². The van der Waals surface area contributed by atoms with E-state index in [1.165, 1.54) is 5.56 Å². The number of thiophene rings is 1. The van der Waals surface area contributed by atoms with Crippen molar-refractivity contribution in [3.05, 3.63) is 50.6 Å². The number of hydrogen-bond donors (Lipinski definition) is 1. The second kappa shape index (κ2) is 6.90. The van der Waals surface area contributed by atoms with Crippen LogP contribution in [0.4, 0.5) is 0 Å². The van der Waals surface area contributed by atoms with Crippen LogP contribution in [0, 0.1) is 0 Å². The standard InChI is InChI=1S/C15H16BrNO2S/c1-10(7-11-5-6-20-9-11)17-15(18)12-3-4-14(19-2)13(16)8-12/h3-6,8-10H,7H2,1-2H3,(H,17,18). The normalized spacial score (nSPS) is 11.9. The largest absolute Gasteiger partial charge is 0.496 e. The number of rotatable bonds is 5. The maximum absolute atomic E-state index is 12.2. The summed E-state index contributed by atoms with van der Waals surface area (Å²) in [5.74, 6) is 0.643. The van der Waals surface area contributed by atoms with Gasteiger partial charge in [0.1, 0.15) is 5.75 Å². The maximum atomic E-state index is 12.2. The van der Waals surface area contributed by atoms with Crippen LogP contribution in [0.25, 0.3) is 0 Å². The van der Waals surface area contributed by atoms with Crippen molar-refractivity contribution in [3.63, 3.8) is 0 Å². The third-order valence-electron chi connectivity index (χ3n) is 2.91. The number of carbonyl (C=O) groups excluding carboxylic acids is 1. The Balaban J connectivity index is 1.99. The quantitative estimate of drug-likeness (QED) is 0.885. The predicted molar refractivity (Wildman–Crippen MR) is 85.6 cm³/mol. The number of methoxy groups -OCH3 is 1. The van der Waals surface area contributed by atoms with E-state index in [0.29, 0.717) is 11.3 Å². The van der Waals surface area contributed by atoms with Crippen LogP contribution in [0.5, 0.6) is 5.75 Å². The molecule has 1 atom stereocenters. The van der Waals surface area contributed by atoms with Gasteiger partial charge in [0, 0.05) is 11.6 Å². The summed E-state index contributed by atoms with van der Waals surface area (Å²) in [6.07, 6.45) is 0.840. The molecule has 1 unspecified atom stereocenters. The van der Waals surface area contributed by atoms with Gasteiger partial charge >= 0.3 is 0 Å². The molecule has 1 N–H and O–H groups in total. The van der Waals surface area contributed by atoms with Gasteiger partial charge in [-0.05, 0) is 69.9 Å². The van der Waals surface area contributed by atoms with Gasteiger partial charge in [-0.2, -0.15) is 11.3 Å². The zero-order valence-corrected chi connectivity index (χ0v) is 13.8. The van der Waals surface area contributed by atoms with Crippen LogP contribution >= 0.6 is 27.3 Å². The third-order valence-corrected chi connectivity index (χ3v) is 4.27. The summed E-state index contributed by atoms with van der Waals surface area (Å²) in [6, 6.07) is 7.49. The zero-order chi connectivity index (χ0) is 14.5. The lowest BCUT2D eigenvalue weighted by molar-refractivity contribution is 0.0940. The van der Waals surface area contributed by atoms with Gasteiger partial charge in [-0.1, -0.05) is 0 Å². The van der Waals surface area contributed by atoms with Crippen molar-refractivity contribution in [1.82, 2.24) is 5.32 Å². The van der Waals surface area contributed by atoms with Crippen LogP contribution in [0.15, 0.2) is 39.5 Å². The van der Waals surface area contributed by atoms with Gasteiger partial charge < -0.3 is 10.1 Å². The van der Waals surface area contributed by atoms with Gasteiger partial charge in [0.2, 0.25) is 0 Å². The average Bonchev–Trinajstić information content (AvgIpc) is 2.91. The summed E-state index contributed by atoms with van der Waals surface area (Å²) in [7, 11) is 1.60. The Labute approximate surface area is 131 Å². The fraction of sp³-hybridized carbons (Fsp3) is 0.267. The lowest BCUT2D eigenvalue weighted by Crippen LogP contribution is -2.33. The molecule has 0 spiro atoms. The number of nitrogens with one attached hydrogen (secondary N) is 1. The molecular formula is C15H16BrNO2S. The van der Waals surface area contributed by atoms with Crippen molar-refractivity contribution in [2.24, 2.45) is 0 Å². The van der Waals surface area contributed by atoms with E-state index in [1.54, 1.807) is 36.6 Å². The molecule has 106 valence electrons. The molecule has 0 aliphatic heterocycles. The molecule has 2 rings (SSSR count). The summed E-state index contributed by atoms with van der Waals surface area (Å²) in [5, 5.41) is 7.15. The maximum Gasteiger partial charge on any atom is 0.251 e. The molecule has 1 heterocycles. The van der Waals surface area contributed by atoms with Gasteiger partial charge in [0.15, 0.2) is 0 Å². The van der Waals surface area contributed by atoms with Gasteiger partial charge in [0.05, 0.1) is 11.6 Å². The fourth-order valence-electron chi connectivity index (χ4n) is 1.93. The first kappa shape index (κ1) is 15.1. The number of hydrogen-bond acceptors (Lipinski definition) is 3. The molecule has 20 heavy (non-hydrogen) atoms. The minimum absolute atomic E-state index is 0.0731. The Morgan fingerprint density at radius 3 is 2.85 bits per heavy atom. The molecule has 0 saturated heterocycles. The molecule has 0 radical (unpaired) electrons. The zero-order valence-electron chi connectivity index (χ0n) is 11.4. The highest BCUT2D eigenvalue weighted by Crippen LogP contribution is 2.25. The Morgan fingerprint density at radius 1 is 1.45 bits per heavy atom. The molecule has 0 fully saturated rings. The molecule has 2 aromatic rings. The van der Waals surface area contributed by atoms with Crippen molar-refractivity contribution in [1.29, 1.82) is 0 Å². The fourth-order valence-corrected chi connectivity index (χ4v) is 3.15. The molecule has 1 aromatic carbocycles. The van der Waals surface area contributed by atoms with E-state index in [2.05, 4.69) is 32.7 Å². The smallest absolute Gasteiger partial charge is 0.251 e. The van der Waals surface area contributed by atoms with Crippen LogP contribution in [0.1, 0.15) is 22.8 Å². The van der Waals surface area contributed by atoms with Gasteiger partial charge in [-0.3, -0.25) is 4.79 Å². The second-order valence-corrected chi connectivity index (χ2v) is 6.19. The highest BCUT2D eigenvalue weighted by molar-refractivity contribution is 9.10. The van der Waals surface area contributed by atoms with Crippen LogP contribution in [0.3, 0.4) is 0 Å². The summed E-state index contributed by atoms with van der Waals surface area (Å²) in [4.78, 5) is 12.2. The third kappa shape index (κ3) is 3.84. The lowest BCUT2D eigenvalue weighted by atomic mass is 10.1. The van der Waals surface area contributed by atoms with Gasteiger partial charge in [-0.25, -0.2) is 0 Å². The molecule has 1 aromatic heterocycles. The Hall–Kier alpha value is -1.33. The van der Waals surface area contributed by atoms with E-state index in [0.717, 1.165) is 10.9 Å². The van der Waals surface area contributed by atoms with E-state index in [-0.39, 0.29) is 11.9 Å². The van der Waals surface area contributed by atoms with Crippen molar-refractivity contribution >= 4 is 33.2 Å². The summed E-state index contributed by atoms with van der Waals surface area (Å²) < 4.78 is 5.93. The highest BCUT2D eigenvalue weighted by atomic mass is 79.9. The molecule has 0 saturated carbocycles. The van der Waals surface area contributed by atoms with E-state index >= 15 is 0 Å². The summed E-state index contributed by atoms with van der Waals surface area (Å²) >= 11 is 5.06. The SMILES string of the molecule is COc1ccc(C(=O)NC(C)Cc2ccsc2)cc1Br. The van der Waals surface area contributed by atoms with Crippen molar-refractivity contribution in [3.8, 4) is 5.75 Å². The van der Waals surface area contributed by atoms with Crippen LogP contribution in [-0.2, 0) is 6.42 Å². The molecular weight excluding hydrogens is 338 g/mol. The molecule has 1 amide bonds. The van der Waals surface area contributed by atoms with Crippen molar-refractivity contribution in [2.75, 3.05) is 7.11 Å². The number of halogens is 1. The Morgan fingerprint density at radius 2 is 2.25 bits per heavy atom. The number of ether oxygens (including phenoxy) is 1. The minimum atomic E-state index is -0.0731. The van der Waals surface area contributed by atoms with E-state index in [4.69, 9.17) is 4.74 Å². The molecule has 5 heteroatoms. The monoisotopic (exact) mass is 353 g/mol. The Bertz CT molecular complexity index is 584. The van der Waals surface area contributed by atoms with Gasteiger partial charge in [-0.15, -0.1) is 0 Å². The number of amides is 1. The summed E-state index contributed by atoms with van der Waals surface area (Å²) in [5.41, 5.74) is 1.87. The first-order chi connectivity index (χ1) is 9.60. The minimum Gasteiger partial charge on any atom is -0.496 e. The van der Waals surface area contributed by atoms with Crippen molar-refractivity contribution < 1.29 is 9.53 Å². The second-order valence-electron chi connectivity index (χ2n) is 4.56.